The molecule has 0 aliphatic heterocycles. The van der Waals surface area contributed by atoms with Gasteiger partial charge in [-0.25, -0.2) is 4.98 Å². The summed E-state index contributed by atoms with van der Waals surface area (Å²) in [7, 11) is 0. The van der Waals surface area contributed by atoms with Crippen LogP contribution in [0.5, 0.6) is 11.6 Å². The van der Waals surface area contributed by atoms with Gasteiger partial charge in [0.15, 0.2) is 5.76 Å². The van der Waals surface area contributed by atoms with E-state index in [0.29, 0.717) is 17.3 Å². The van der Waals surface area contributed by atoms with E-state index in [-0.39, 0.29) is 11.7 Å². The smallest absolute Gasteiger partial charge is 0.291 e. The van der Waals surface area contributed by atoms with Crippen LogP contribution in [0.25, 0.3) is 0 Å². The minimum Gasteiger partial charge on any atom is -0.459 e. The molecule has 0 bridgehead atoms. The van der Waals surface area contributed by atoms with Gasteiger partial charge in [0.05, 0.1) is 12.5 Å². The maximum Gasteiger partial charge on any atom is 0.291 e. The van der Waals surface area contributed by atoms with Crippen LogP contribution in [0.4, 0.5) is 5.69 Å². The molecule has 0 atom stereocenters. The highest BCUT2D eigenvalue weighted by molar-refractivity contribution is 6.02. The van der Waals surface area contributed by atoms with Crippen molar-refractivity contribution in [1.29, 1.82) is 0 Å². The van der Waals surface area contributed by atoms with E-state index < -0.39 is 0 Å². The van der Waals surface area contributed by atoms with E-state index in [1.165, 1.54) is 18.7 Å². The van der Waals surface area contributed by atoms with Crippen LogP contribution in [0.1, 0.15) is 10.6 Å². The van der Waals surface area contributed by atoms with Crippen molar-refractivity contribution in [3.05, 3.63) is 67.0 Å². The second kappa shape index (κ2) is 5.87. The first kappa shape index (κ1) is 12.9. The minimum atomic E-state index is -0.323. The van der Waals surface area contributed by atoms with E-state index in [9.17, 15) is 4.79 Å². The fourth-order valence-electron chi connectivity index (χ4n) is 1.70. The zero-order chi connectivity index (χ0) is 14.5. The average Bonchev–Trinajstić information content (AvgIpc) is 3.03. The number of nitrogens with zero attached hydrogens (tertiary/aromatic N) is 2. The summed E-state index contributed by atoms with van der Waals surface area (Å²) in [6.45, 7) is 0. The van der Waals surface area contributed by atoms with Crippen LogP contribution in [-0.4, -0.2) is 15.9 Å². The lowest BCUT2D eigenvalue weighted by Gasteiger charge is -2.07. The van der Waals surface area contributed by atoms with Gasteiger partial charge in [-0.05, 0) is 24.3 Å². The van der Waals surface area contributed by atoms with Gasteiger partial charge in [0.1, 0.15) is 5.75 Å². The first-order valence-corrected chi connectivity index (χ1v) is 6.20. The second-order valence-corrected chi connectivity index (χ2v) is 4.10. The number of anilines is 1. The SMILES string of the molecule is O=C(Nc1cccc(Oc2cnccn2)c1)c1ccco1. The zero-order valence-corrected chi connectivity index (χ0v) is 10.9. The molecule has 21 heavy (non-hydrogen) atoms. The van der Waals surface area contributed by atoms with Crippen molar-refractivity contribution in [3.63, 3.8) is 0 Å². The van der Waals surface area contributed by atoms with E-state index in [2.05, 4.69) is 15.3 Å². The van der Waals surface area contributed by atoms with Gasteiger partial charge in [0.2, 0.25) is 5.88 Å². The third kappa shape index (κ3) is 3.24. The average molecular weight is 281 g/mol. The summed E-state index contributed by atoms with van der Waals surface area (Å²) in [5.41, 5.74) is 0.595. The van der Waals surface area contributed by atoms with Crippen molar-refractivity contribution in [2.75, 3.05) is 5.32 Å². The van der Waals surface area contributed by atoms with Gasteiger partial charge in [-0.1, -0.05) is 6.07 Å². The molecule has 2 heterocycles. The molecule has 0 aliphatic rings. The van der Waals surface area contributed by atoms with Crippen molar-refractivity contribution >= 4 is 11.6 Å². The number of carbonyl (C=O) groups excluding carboxylic acids is 1. The predicted molar refractivity (Wildman–Crippen MR) is 75.2 cm³/mol. The van der Waals surface area contributed by atoms with Crippen LogP contribution in [0, 0.1) is 0 Å². The van der Waals surface area contributed by atoms with Crippen LogP contribution in [0.15, 0.2) is 65.7 Å². The Hall–Kier alpha value is -3.15. The molecule has 1 amide bonds. The third-order valence-corrected chi connectivity index (χ3v) is 2.60. The maximum atomic E-state index is 11.9. The highest BCUT2D eigenvalue weighted by Gasteiger charge is 2.09. The quantitative estimate of drug-likeness (QED) is 0.795. The van der Waals surface area contributed by atoms with E-state index in [1.54, 1.807) is 42.6 Å². The Morgan fingerprint density at radius 2 is 2.14 bits per heavy atom. The largest absolute Gasteiger partial charge is 0.459 e. The molecule has 6 heteroatoms. The maximum absolute atomic E-state index is 11.9. The summed E-state index contributed by atoms with van der Waals surface area (Å²) in [5, 5.41) is 2.72. The van der Waals surface area contributed by atoms with Gasteiger partial charge in [-0.2, -0.15) is 0 Å². The van der Waals surface area contributed by atoms with E-state index >= 15 is 0 Å². The fraction of sp³-hybridized carbons (Fsp3) is 0. The van der Waals surface area contributed by atoms with Gasteiger partial charge in [-0.3, -0.25) is 9.78 Å². The fourth-order valence-corrected chi connectivity index (χ4v) is 1.70. The van der Waals surface area contributed by atoms with Crippen LogP contribution in [0.2, 0.25) is 0 Å². The Bertz CT molecular complexity index is 727. The Kier molecular flexibility index (Phi) is 3.60. The lowest BCUT2D eigenvalue weighted by molar-refractivity contribution is 0.0996. The lowest BCUT2D eigenvalue weighted by atomic mass is 10.3. The second-order valence-electron chi connectivity index (χ2n) is 4.10. The standard InChI is InChI=1S/C15H11N3O3/c19-15(13-5-2-8-20-13)18-11-3-1-4-12(9-11)21-14-10-16-6-7-17-14/h1-10H,(H,18,19). The first-order valence-electron chi connectivity index (χ1n) is 6.20. The molecule has 0 fully saturated rings. The molecule has 104 valence electrons. The number of aromatic nitrogens is 2. The van der Waals surface area contributed by atoms with E-state index in [0.717, 1.165) is 0 Å². The molecule has 0 saturated carbocycles. The molecule has 0 radical (unpaired) electrons. The number of furan rings is 1. The summed E-state index contributed by atoms with van der Waals surface area (Å²) in [5.74, 6) is 0.853. The van der Waals surface area contributed by atoms with Gasteiger partial charge < -0.3 is 14.5 Å². The monoisotopic (exact) mass is 281 g/mol. The summed E-state index contributed by atoms with van der Waals surface area (Å²) in [6, 6.07) is 10.2. The molecule has 1 N–H and O–H groups in total. The Balaban J connectivity index is 1.73. The number of ether oxygens (including phenoxy) is 1. The molecule has 0 spiro atoms. The summed E-state index contributed by atoms with van der Waals surface area (Å²) in [6.07, 6.45) is 6.06. The molecule has 0 unspecified atom stereocenters. The summed E-state index contributed by atoms with van der Waals surface area (Å²) in [4.78, 5) is 19.8. The number of amides is 1. The molecule has 3 aromatic rings. The summed E-state index contributed by atoms with van der Waals surface area (Å²) < 4.78 is 10.6. The van der Waals surface area contributed by atoms with Crippen molar-refractivity contribution in [2.24, 2.45) is 0 Å². The molecule has 1 aromatic carbocycles. The summed E-state index contributed by atoms with van der Waals surface area (Å²) >= 11 is 0. The van der Waals surface area contributed by atoms with Gasteiger partial charge in [0, 0.05) is 24.1 Å². The first-order chi connectivity index (χ1) is 10.3. The van der Waals surface area contributed by atoms with E-state index in [1.807, 2.05) is 0 Å². The molecule has 0 saturated heterocycles. The van der Waals surface area contributed by atoms with Crippen molar-refractivity contribution in [2.45, 2.75) is 0 Å². The molecule has 2 aromatic heterocycles. The number of benzene rings is 1. The van der Waals surface area contributed by atoms with Gasteiger partial charge in [-0.15, -0.1) is 0 Å². The van der Waals surface area contributed by atoms with Crippen LogP contribution in [0.3, 0.4) is 0 Å². The lowest BCUT2D eigenvalue weighted by Crippen LogP contribution is -2.10. The van der Waals surface area contributed by atoms with Crippen molar-refractivity contribution in [3.8, 4) is 11.6 Å². The number of hydrogen-bond donors (Lipinski definition) is 1. The Morgan fingerprint density at radius 3 is 2.90 bits per heavy atom. The number of rotatable bonds is 4. The van der Waals surface area contributed by atoms with Gasteiger partial charge in [0.25, 0.3) is 5.91 Å². The Morgan fingerprint density at radius 1 is 1.19 bits per heavy atom. The molecule has 6 nitrogen and oxygen atoms in total. The topological polar surface area (TPSA) is 77.2 Å². The van der Waals surface area contributed by atoms with Crippen LogP contribution < -0.4 is 10.1 Å². The molecule has 0 aliphatic carbocycles. The van der Waals surface area contributed by atoms with Gasteiger partial charge >= 0.3 is 0 Å². The van der Waals surface area contributed by atoms with Crippen LogP contribution in [-0.2, 0) is 0 Å². The highest BCUT2D eigenvalue weighted by Crippen LogP contribution is 2.22. The number of hydrogen-bond acceptors (Lipinski definition) is 5. The minimum absolute atomic E-state index is 0.246. The normalized spacial score (nSPS) is 10.1. The molecular weight excluding hydrogens is 270 g/mol. The molecular formula is C15H11N3O3. The van der Waals surface area contributed by atoms with Crippen molar-refractivity contribution in [1.82, 2.24) is 9.97 Å². The predicted octanol–water partition coefficient (Wildman–Crippen LogP) is 3.11. The third-order valence-electron chi connectivity index (χ3n) is 2.60. The number of carbonyl (C=O) groups is 1. The highest BCUT2D eigenvalue weighted by atomic mass is 16.5. The van der Waals surface area contributed by atoms with E-state index in [4.69, 9.17) is 9.15 Å². The number of nitrogens with one attached hydrogen (secondary N) is 1. The Labute approximate surface area is 120 Å². The molecule has 3 rings (SSSR count). The zero-order valence-electron chi connectivity index (χ0n) is 10.9. The van der Waals surface area contributed by atoms with Crippen LogP contribution >= 0.6 is 0 Å². The van der Waals surface area contributed by atoms with Crippen molar-refractivity contribution < 1.29 is 13.9 Å².